The molecule has 0 bridgehead atoms. The highest BCUT2D eigenvalue weighted by molar-refractivity contribution is 5.90. The van der Waals surface area contributed by atoms with Crippen LogP contribution in [0, 0.1) is 0 Å². The molecule has 1 aromatic carbocycles. The molecule has 5 rings (SSSR count). The Kier molecular flexibility index (Phi) is 4.36. The van der Waals surface area contributed by atoms with E-state index >= 15 is 0 Å². The molecule has 5 aromatic rings. The third kappa shape index (κ3) is 3.24. The molecular weight excluding hydrogens is 382 g/mol. The summed E-state index contributed by atoms with van der Waals surface area (Å²) < 4.78 is 12.7. The lowest BCUT2D eigenvalue weighted by atomic mass is 10.1. The molecule has 0 fully saturated rings. The van der Waals surface area contributed by atoms with E-state index in [1.807, 2.05) is 43.3 Å². The number of nitrogens with zero attached hydrogens (tertiary/aromatic N) is 4. The number of hydrogen-bond donors (Lipinski definition) is 1. The maximum atomic E-state index is 11.6. The second-order valence-electron chi connectivity index (χ2n) is 6.61. The Hall–Kier alpha value is -4.20. The van der Waals surface area contributed by atoms with Crippen molar-refractivity contribution in [1.29, 1.82) is 0 Å². The molecule has 0 saturated heterocycles. The number of hydrogen-bond acceptors (Lipinski definition) is 6. The molecule has 0 aliphatic rings. The highest BCUT2D eigenvalue weighted by Gasteiger charge is 2.19. The van der Waals surface area contributed by atoms with E-state index in [1.165, 1.54) is 0 Å². The van der Waals surface area contributed by atoms with Gasteiger partial charge in [0.05, 0.1) is 24.4 Å². The van der Waals surface area contributed by atoms with E-state index in [0.29, 0.717) is 40.8 Å². The van der Waals surface area contributed by atoms with Gasteiger partial charge in [-0.25, -0.2) is 14.5 Å². The van der Waals surface area contributed by atoms with E-state index in [-0.39, 0.29) is 5.91 Å². The summed E-state index contributed by atoms with van der Waals surface area (Å²) >= 11 is 0. The van der Waals surface area contributed by atoms with Crippen molar-refractivity contribution in [2.75, 3.05) is 5.32 Å². The highest BCUT2D eigenvalue weighted by atomic mass is 16.3. The van der Waals surface area contributed by atoms with Crippen LogP contribution in [-0.2, 0) is 4.79 Å². The third-order valence-electron chi connectivity index (χ3n) is 4.61. The van der Waals surface area contributed by atoms with Crippen LogP contribution in [0.25, 0.3) is 39.9 Å². The molecule has 4 aromatic heterocycles. The summed E-state index contributed by atoms with van der Waals surface area (Å²) in [7, 11) is 0. The lowest BCUT2D eigenvalue weighted by Crippen LogP contribution is -2.08. The van der Waals surface area contributed by atoms with Gasteiger partial charge >= 0.3 is 0 Å². The molecule has 0 radical (unpaired) electrons. The van der Waals surface area contributed by atoms with Gasteiger partial charge in [-0.3, -0.25) is 4.79 Å². The number of furan rings is 2. The van der Waals surface area contributed by atoms with E-state index in [1.54, 1.807) is 35.4 Å². The Morgan fingerprint density at radius 2 is 1.67 bits per heavy atom. The largest absolute Gasteiger partial charge is 0.463 e. The summed E-state index contributed by atoms with van der Waals surface area (Å²) in [5.74, 6) is 1.58. The smallest absolute Gasteiger partial charge is 0.251 e. The summed E-state index contributed by atoms with van der Waals surface area (Å²) in [4.78, 5) is 20.8. The molecule has 0 aliphatic carbocycles. The summed E-state index contributed by atoms with van der Waals surface area (Å²) in [5, 5.41) is 7.50. The minimum absolute atomic E-state index is 0.0280. The molecule has 1 N–H and O–H groups in total. The van der Waals surface area contributed by atoms with Crippen LogP contribution in [0.1, 0.15) is 13.3 Å². The van der Waals surface area contributed by atoms with E-state index in [9.17, 15) is 4.79 Å². The quantitative estimate of drug-likeness (QED) is 0.461. The highest BCUT2D eigenvalue weighted by Crippen LogP contribution is 2.30. The van der Waals surface area contributed by atoms with Gasteiger partial charge in [0.15, 0.2) is 17.2 Å². The van der Waals surface area contributed by atoms with Gasteiger partial charge in [0.25, 0.3) is 5.78 Å². The van der Waals surface area contributed by atoms with Crippen LogP contribution in [0.2, 0.25) is 0 Å². The van der Waals surface area contributed by atoms with Gasteiger partial charge < -0.3 is 14.2 Å². The van der Waals surface area contributed by atoms with Crippen molar-refractivity contribution in [3.05, 3.63) is 67.3 Å². The summed E-state index contributed by atoms with van der Waals surface area (Å²) in [6, 6.07) is 14.7. The predicted molar refractivity (Wildman–Crippen MR) is 111 cm³/mol. The van der Waals surface area contributed by atoms with Gasteiger partial charge in [-0.15, -0.1) is 0 Å². The zero-order valence-corrected chi connectivity index (χ0v) is 16.1. The lowest BCUT2D eigenvalue weighted by Gasteiger charge is -2.03. The molecule has 0 unspecified atom stereocenters. The van der Waals surface area contributed by atoms with Crippen molar-refractivity contribution in [1.82, 2.24) is 19.6 Å². The monoisotopic (exact) mass is 399 g/mol. The van der Waals surface area contributed by atoms with Crippen LogP contribution in [-0.4, -0.2) is 25.5 Å². The predicted octanol–water partition coefficient (Wildman–Crippen LogP) is 4.66. The fraction of sp³-hybridized carbons (Fsp3) is 0.0909. The van der Waals surface area contributed by atoms with E-state index < -0.39 is 0 Å². The Bertz CT molecular complexity index is 1230. The Labute approximate surface area is 171 Å². The van der Waals surface area contributed by atoms with Gasteiger partial charge in [0.1, 0.15) is 5.69 Å². The van der Waals surface area contributed by atoms with Crippen molar-refractivity contribution in [2.45, 2.75) is 13.3 Å². The molecule has 8 heteroatoms. The standard InChI is InChI=1S/C22H17N5O3/c1-2-19(28)23-15-9-7-14(8-10-15)16-13-27-22(24-16)25-20(17-5-3-11-29-17)21(26-27)18-6-4-12-30-18/h3-13H,2H2,1H3,(H,23,28). The van der Waals surface area contributed by atoms with Crippen molar-refractivity contribution in [3.63, 3.8) is 0 Å². The average Bonchev–Trinajstić information content (AvgIpc) is 3.54. The number of rotatable bonds is 5. The zero-order valence-electron chi connectivity index (χ0n) is 16.1. The molecule has 0 aliphatic heterocycles. The minimum Gasteiger partial charge on any atom is -0.463 e. The lowest BCUT2D eigenvalue weighted by molar-refractivity contribution is -0.115. The van der Waals surface area contributed by atoms with E-state index in [4.69, 9.17) is 8.83 Å². The number of carbonyl (C=O) groups is 1. The number of anilines is 1. The molecular formula is C22H17N5O3. The SMILES string of the molecule is CCC(=O)Nc1ccc(-c2cn3nc(-c4ccco4)c(-c4ccco4)nc3n2)cc1. The molecule has 30 heavy (non-hydrogen) atoms. The maximum absolute atomic E-state index is 11.6. The Morgan fingerprint density at radius 3 is 2.30 bits per heavy atom. The molecule has 1 amide bonds. The Balaban J connectivity index is 1.57. The van der Waals surface area contributed by atoms with E-state index in [2.05, 4.69) is 20.4 Å². The molecule has 148 valence electrons. The molecule has 0 atom stereocenters. The third-order valence-corrected chi connectivity index (χ3v) is 4.61. The first kappa shape index (κ1) is 17.9. The maximum Gasteiger partial charge on any atom is 0.251 e. The Morgan fingerprint density at radius 1 is 0.967 bits per heavy atom. The number of aromatic nitrogens is 4. The van der Waals surface area contributed by atoms with Crippen molar-refractivity contribution < 1.29 is 13.6 Å². The topological polar surface area (TPSA) is 98.5 Å². The number of fused-ring (bicyclic) bond motifs is 1. The molecule has 8 nitrogen and oxygen atoms in total. The summed E-state index contributed by atoms with van der Waals surface area (Å²) in [6.45, 7) is 1.81. The summed E-state index contributed by atoms with van der Waals surface area (Å²) in [5.41, 5.74) is 3.45. The van der Waals surface area contributed by atoms with E-state index in [0.717, 1.165) is 11.3 Å². The van der Waals surface area contributed by atoms with Gasteiger partial charge in [-0.2, -0.15) is 5.10 Å². The number of benzene rings is 1. The van der Waals surface area contributed by atoms with Crippen LogP contribution in [0.4, 0.5) is 5.69 Å². The second kappa shape index (κ2) is 7.32. The fourth-order valence-electron chi connectivity index (χ4n) is 3.10. The first-order valence-electron chi connectivity index (χ1n) is 9.47. The van der Waals surface area contributed by atoms with Crippen molar-refractivity contribution in [3.8, 4) is 34.2 Å². The summed E-state index contributed by atoms with van der Waals surface area (Å²) in [6.07, 6.45) is 5.41. The molecule has 4 heterocycles. The number of amides is 1. The van der Waals surface area contributed by atoms with Gasteiger partial charge in [-0.05, 0) is 36.4 Å². The normalized spacial score (nSPS) is 11.1. The van der Waals surface area contributed by atoms with Crippen molar-refractivity contribution >= 4 is 17.4 Å². The van der Waals surface area contributed by atoms with Crippen LogP contribution in [0.5, 0.6) is 0 Å². The molecule has 0 spiro atoms. The van der Waals surface area contributed by atoms with Crippen LogP contribution in [0.15, 0.2) is 76.1 Å². The van der Waals surface area contributed by atoms with Crippen LogP contribution >= 0.6 is 0 Å². The average molecular weight is 399 g/mol. The number of carbonyl (C=O) groups excluding carboxylic acids is 1. The second-order valence-corrected chi connectivity index (χ2v) is 6.61. The van der Waals surface area contributed by atoms with Gasteiger partial charge in [-0.1, -0.05) is 19.1 Å². The van der Waals surface area contributed by atoms with Gasteiger partial charge in [0.2, 0.25) is 5.91 Å². The van der Waals surface area contributed by atoms with Gasteiger partial charge in [0, 0.05) is 17.7 Å². The first-order valence-corrected chi connectivity index (χ1v) is 9.47. The van der Waals surface area contributed by atoms with Crippen molar-refractivity contribution in [2.24, 2.45) is 0 Å². The van der Waals surface area contributed by atoms with Crippen LogP contribution < -0.4 is 5.32 Å². The molecule has 0 saturated carbocycles. The first-order chi connectivity index (χ1) is 14.7. The number of imidazole rings is 1. The number of nitrogens with one attached hydrogen (secondary N) is 1. The minimum atomic E-state index is -0.0280. The fourth-order valence-corrected chi connectivity index (χ4v) is 3.10. The van der Waals surface area contributed by atoms with Crippen LogP contribution in [0.3, 0.4) is 0 Å². The zero-order chi connectivity index (χ0) is 20.5.